The molecular weight excluding hydrogens is 241 g/mol. The molecule has 1 atom stereocenters. The monoisotopic (exact) mass is 254 g/mol. The van der Waals surface area contributed by atoms with Crippen LogP contribution in [0.2, 0.25) is 0 Å². The molecule has 96 valence electrons. The van der Waals surface area contributed by atoms with Gasteiger partial charge in [-0.2, -0.15) is 18.4 Å². The van der Waals surface area contributed by atoms with Gasteiger partial charge in [0.05, 0.1) is 12.0 Å². The Morgan fingerprint density at radius 1 is 1.28 bits per heavy atom. The van der Waals surface area contributed by atoms with Gasteiger partial charge < -0.3 is 5.32 Å². The number of rotatable bonds is 4. The van der Waals surface area contributed by atoms with E-state index < -0.39 is 17.6 Å². The molecule has 5 heteroatoms. The highest BCUT2D eigenvalue weighted by Gasteiger charge is 2.63. The quantitative estimate of drug-likeness (QED) is 0.896. The van der Waals surface area contributed by atoms with Crippen LogP contribution in [0, 0.1) is 11.3 Å². The van der Waals surface area contributed by atoms with E-state index in [0.29, 0.717) is 0 Å². The van der Waals surface area contributed by atoms with Crippen molar-refractivity contribution in [3.05, 3.63) is 35.9 Å². The molecule has 1 aliphatic rings. The number of hydrogen-bond donors (Lipinski definition) is 1. The number of benzene rings is 1. The molecule has 0 amide bonds. The van der Waals surface area contributed by atoms with Crippen LogP contribution < -0.4 is 5.32 Å². The largest absolute Gasteiger partial charge is 0.406 e. The van der Waals surface area contributed by atoms with Crippen molar-refractivity contribution in [2.24, 2.45) is 0 Å². The van der Waals surface area contributed by atoms with Crippen LogP contribution in [-0.2, 0) is 0 Å². The fraction of sp³-hybridized carbons (Fsp3) is 0.462. The SMILES string of the molecule is N#CC(CNC1(C(F)(F)F)CC1)c1ccccc1. The Morgan fingerprint density at radius 3 is 2.33 bits per heavy atom. The van der Waals surface area contributed by atoms with Gasteiger partial charge in [0.15, 0.2) is 0 Å². The van der Waals surface area contributed by atoms with Gasteiger partial charge in [-0.15, -0.1) is 0 Å². The lowest BCUT2D eigenvalue weighted by atomic mass is 10.0. The third-order valence-corrected chi connectivity index (χ3v) is 3.29. The molecule has 0 bridgehead atoms. The first kappa shape index (κ1) is 12.9. The van der Waals surface area contributed by atoms with E-state index in [1.54, 1.807) is 24.3 Å². The number of hydrogen-bond acceptors (Lipinski definition) is 2. The van der Waals surface area contributed by atoms with Crippen molar-refractivity contribution >= 4 is 0 Å². The number of nitrogens with zero attached hydrogens (tertiary/aromatic N) is 1. The van der Waals surface area contributed by atoms with E-state index in [9.17, 15) is 13.2 Å². The van der Waals surface area contributed by atoms with Gasteiger partial charge >= 0.3 is 6.18 Å². The van der Waals surface area contributed by atoms with Gasteiger partial charge in [0.1, 0.15) is 5.54 Å². The summed E-state index contributed by atoms with van der Waals surface area (Å²) < 4.78 is 38.1. The van der Waals surface area contributed by atoms with Crippen molar-refractivity contribution in [1.82, 2.24) is 5.32 Å². The van der Waals surface area contributed by atoms with Crippen molar-refractivity contribution < 1.29 is 13.2 Å². The molecule has 0 heterocycles. The average Bonchev–Trinajstić information content (AvgIpc) is 3.12. The van der Waals surface area contributed by atoms with E-state index >= 15 is 0 Å². The highest BCUT2D eigenvalue weighted by Crippen LogP contribution is 2.49. The standard InChI is InChI=1S/C13H13F3N2/c14-13(15,16)12(6-7-12)18-9-11(8-17)10-4-2-1-3-5-10/h1-5,11,18H,6-7,9H2. The third kappa shape index (κ3) is 2.49. The fourth-order valence-electron chi connectivity index (χ4n) is 1.91. The van der Waals surface area contributed by atoms with Crippen molar-refractivity contribution in [3.8, 4) is 6.07 Å². The maximum atomic E-state index is 12.7. The van der Waals surface area contributed by atoms with Gasteiger partial charge in [0.25, 0.3) is 0 Å². The summed E-state index contributed by atoms with van der Waals surface area (Å²) in [6, 6.07) is 10.9. The topological polar surface area (TPSA) is 35.8 Å². The lowest BCUT2D eigenvalue weighted by Gasteiger charge is -2.22. The molecule has 0 aliphatic heterocycles. The Balaban J connectivity index is 2.00. The van der Waals surface area contributed by atoms with E-state index in [0.717, 1.165) is 5.56 Å². The van der Waals surface area contributed by atoms with E-state index in [4.69, 9.17) is 5.26 Å². The van der Waals surface area contributed by atoms with Crippen LogP contribution in [0.15, 0.2) is 30.3 Å². The first-order valence-corrected chi connectivity index (χ1v) is 5.75. The van der Waals surface area contributed by atoms with Crippen molar-refractivity contribution in [2.75, 3.05) is 6.54 Å². The minimum Gasteiger partial charge on any atom is -0.302 e. The molecule has 1 aromatic carbocycles. The Kier molecular flexibility index (Phi) is 3.31. The minimum atomic E-state index is -4.23. The Morgan fingerprint density at radius 2 is 1.89 bits per heavy atom. The number of alkyl halides is 3. The fourth-order valence-corrected chi connectivity index (χ4v) is 1.91. The second-order valence-corrected chi connectivity index (χ2v) is 4.55. The maximum absolute atomic E-state index is 12.7. The number of nitriles is 1. The molecule has 0 aromatic heterocycles. The summed E-state index contributed by atoms with van der Waals surface area (Å²) in [5.41, 5.74) is -1.01. The highest BCUT2D eigenvalue weighted by molar-refractivity contribution is 5.25. The smallest absolute Gasteiger partial charge is 0.302 e. The van der Waals surface area contributed by atoms with Gasteiger partial charge in [0, 0.05) is 6.54 Å². The molecule has 1 saturated carbocycles. The molecule has 0 saturated heterocycles. The summed E-state index contributed by atoms with van der Waals surface area (Å²) in [5.74, 6) is -0.550. The molecular formula is C13H13F3N2. The lowest BCUT2D eigenvalue weighted by molar-refractivity contribution is -0.165. The van der Waals surface area contributed by atoms with Gasteiger partial charge in [-0.3, -0.25) is 0 Å². The molecule has 1 fully saturated rings. The van der Waals surface area contributed by atoms with Crippen LogP contribution in [0.3, 0.4) is 0 Å². The van der Waals surface area contributed by atoms with Crippen molar-refractivity contribution in [2.45, 2.75) is 30.5 Å². The van der Waals surface area contributed by atoms with Gasteiger partial charge in [0.2, 0.25) is 0 Å². The zero-order chi connectivity index (χ0) is 13.2. The molecule has 1 aromatic rings. The molecule has 18 heavy (non-hydrogen) atoms. The molecule has 0 spiro atoms. The average molecular weight is 254 g/mol. The number of nitrogens with one attached hydrogen (secondary N) is 1. The zero-order valence-corrected chi connectivity index (χ0v) is 9.67. The first-order valence-electron chi connectivity index (χ1n) is 5.75. The predicted octanol–water partition coefficient (Wildman–Crippen LogP) is 2.98. The van der Waals surface area contributed by atoms with E-state index in [-0.39, 0.29) is 19.4 Å². The molecule has 1 unspecified atom stereocenters. The van der Waals surface area contributed by atoms with Crippen LogP contribution >= 0.6 is 0 Å². The minimum absolute atomic E-state index is 0.0278. The van der Waals surface area contributed by atoms with E-state index in [2.05, 4.69) is 5.32 Å². The first-order chi connectivity index (χ1) is 8.48. The van der Waals surface area contributed by atoms with Crippen LogP contribution in [0.5, 0.6) is 0 Å². The summed E-state index contributed by atoms with van der Waals surface area (Å²) in [4.78, 5) is 0. The van der Waals surface area contributed by atoms with Gasteiger partial charge in [-0.05, 0) is 18.4 Å². The van der Waals surface area contributed by atoms with Crippen LogP contribution in [0.1, 0.15) is 24.3 Å². The molecule has 2 nitrogen and oxygen atoms in total. The van der Waals surface area contributed by atoms with E-state index in [1.807, 2.05) is 12.1 Å². The van der Waals surface area contributed by atoms with Crippen LogP contribution in [0.4, 0.5) is 13.2 Å². The van der Waals surface area contributed by atoms with Gasteiger partial charge in [-0.1, -0.05) is 30.3 Å². The maximum Gasteiger partial charge on any atom is 0.406 e. The zero-order valence-electron chi connectivity index (χ0n) is 9.67. The predicted molar refractivity (Wildman–Crippen MR) is 60.8 cm³/mol. The molecule has 0 radical (unpaired) electrons. The van der Waals surface area contributed by atoms with Crippen molar-refractivity contribution in [1.29, 1.82) is 5.26 Å². The van der Waals surface area contributed by atoms with E-state index in [1.165, 1.54) is 0 Å². The normalized spacial score (nSPS) is 19.0. The Hall–Kier alpha value is -1.54. The summed E-state index contributed by atoms with van der Waals surface area (Å²) in [7, 11) is 0. The molecule has 1 N–H and O–H groups in total. The Bertz CT molecular complexity index is 444. The van der Waals surface area contributed by atoms with Gasteiger partial charge in [-0.25, -0.2) is 0 Å². The summed E-state index contributed by atoms with van der Waals surface area (Å²) in [5, 5.41) is 11.5. The second kappa shape index (κ2) is 4.62. The second-order valence-electron chi connectivity index (χ2n) is 4.55. The summed E-state index contributed by atoms with van der Waals surface area (Å²) in [6.07, 6.45) is -4.03. The van der Waals surface area contributed by atoms with Crippen molar-refractivity contribution in [3.63, 3.8) is 0 Å². The summed E-state index contributed by atoms with van der Waals surface area (Å²) >= 11 is 0. The van der Waals surface area contributed by atoms with Crippen LogP contribution in [0.25, 0.3) is 0 Å². The Labute approximate surface area is 103 Å². The highest BCUT2D eigenvalue weighted by atomic mass is 19.4. The number of halogens is 3. The molecule has 1 aliphatic carbocycles. The van der Waals surface area contributed by atoms with Crippen LogP contribution in [-0.4, -0.2) is 18.3 Å². The molecule has 2 rings (SSSR count). The summed E-state index contributed by atoms with van der Waals surface area (Å²) in [6.45, 7) is 0.0278. The lowest BCUT2D eigenvalue weighted by Crippen LogP contribution is -2.46. The third-order valence-electron chi connectivity index (χ3n) is 3.29.